The van der Waals surface area contributed by atoms with E-state index in [1.54, 1.807) is 60.3 Å². The van der Waals surface area contributed by atoms with Crippen LogP contribution < -0.4 is 25.4 Å². The lowest BCUT2D eigenvalue weighted by Gasteiger charge is -2.44. The van der Waals surface area contributed by atoms with E-state index in [4.69, 9.17) is 118 Å². The summed E-state index contributed by atoms with van der Waals surface area (Å²) in [5, 5.41) is 27.2. The standard InChI is InChI=1S/C93H131N12O29P/c1-66(2)105(67(3)4)135(129-37-19-33-94)134-85-80(63-128-93(73-22-15-12-16-23-73,74-25-29-77(112-9)30-26-74)75-27-31-78(113-10)32-28-75)132-91(104-65-98-83-88(96-64-97-89(83)104)100-90(111)72-20-13-11-14-21-72)87(85)127-61-76-60-103(102-101-76)35-39-115-41-43-117-45-47-119-49-51-121-53-55-123-57-59-124-58-56-122-54-52-120-50-48-118-46-44-116-42-40-114-38-34-95-81(110)24-17-18-36-125-92-82(99-68(5)106)86(131-71(8)109)84(130-70(7)108)79(133-92)62-126-69(6)107/h11-16,20-23,25-32,60,64-67,79-80,82,84-87,91-92H,17-19,24,34-59,61-63H2,1-10H3,(H,95,110)(H,99,106)(H,96,97,100,111)/t79?,80-,82?,84?,85-,86?,87-,91-,92?,135?/m1/s1. The maximum Gasteiger partial charge on any atom is 0.303 e. The van der Waals surface area contributed by atoms with Gasteiger partial charge in [0, 0.05) is 64.9 Å². The predicted molar refractivity (Wildman–Crippen MR) is 486 cm³/mol. The maximum absolute atomic E-state index is 13.7. The number of benzene rings is 4. The predicted octanol–water partition coefficient (Wildman–Crippen LogP) is 7.98. The first-order valence-corrected chi connectivity index (χ1v) is 46.4. The van der Waals surface area contributed by atoms with Crippen molar-refractivity contribution in [1.29, 1.82) is 5.26 Å². The molecular weight excluding hydrogens is 1780 g/mol. The van der Waals surface area contributed by atoms with Crippen molar-refractivity contribution in [2.75, 3.05) is 198 Å². The Hall–Kier alpha value is -9.85. The van der Waals surface area contributed by atoms with E-state index in [-0.39, 0.29) is 81.1 Å². The zero-order valence-corrected chi connectivity index (χ0v) is 79.5. The zero-order chi connectivity index (χ0) is 96.2. The minimum atomic E-state index is -1.95. The van der Waals surface area contributed by atoms with Crippen molar-refractivity contribution < 1.29 is 137 Å². The summed E-state index contributed by atoms with van der Waals surface area (Å²) in [7, 11) is 1.29. The number of ether oxygens (including phenoxy) is 21. The van der Waals surface area contributed by atoms with E-state index in [0.29, 0.717) is 200 Å². The van der Waals surface area contributed by atoms with Crippen LogP contribution >= 0.6 is 8.53 Å². The summed E-state index contributed by atoms with van der Waals surface area (Å²) in [5.74, 6) is -1.62. The van der Waals surface area contributed by atoms with E-state index in [2.05, 4.69) is 69.7 Å². The molecule has 2 fully saturated rings. The van der Waals surface area contributed by atoms with Gasteiger partial charge in [0.2, 0.25) is 11.8 Å². The quantitative estimate of drug-likeness (QED) is 0.0107. The molecule has 0 saturated carbocycles. The molecule has 5 heterocycles. The van der Waals surface area contributed by atoms with Gasteiger partial charge in [-0.2, -0.15) is 5.26 Å². The van der Waals surface area contributed by atoms with Gasteiger partial charge in [-0.05, 0) is 93.6 Å². The summed E-state index contributed by atoms with van der Waals surface area (Å²) < 4.78 is 143. The van der Waals surface area contributed by atoms with Crippen molar-refractivity contribution in [3.63, 3.8) is 0 Å². The van der Waals surface area contributed by atoms with Crippen LogP contribution in [0.2, 0.25) is 0 Å². The largest absolute Gasteiger partial charge is 0.497 e. The molecule has 9 rings (SSSR count). The smallest absolute Gasteiger partial charge is 0.303 e. The normalized spacial score (nSPS) is 18.0. The van der Waals surface area contributed by atoms with Crippen LogP contribution in [0.25, 0.3) is 11.2 Å². The fraction of sp³-hybridized carbons (Fsp3) is 0.591. The number of aromatic nitrogens is 7. The summed E-state index contributed by atoms with van der Waals surface area (Å²) in [6.07, 6.45) is -2.79. The third kappa shape index (κ3) is 36.9. The Balaban J connectivity index is 0.612. The van der Waals surface area contributed by atoms with Crippen LogP contribution in [0.1, 0.15) is 120 Å². The number of hydrogen-bond acceptors (Lipinski definition) is 36. The van der Waals surface area contributed by atoms with Crippen molar-refractivity contribution >= 4 is 61.1 Å². The van der Waals surface area contributed by atoms with Crippen molar-refractivity contribution in [1.82, 2.24) is 49.8 Å². The molecule has 3 N–H and O–H groups in total. The van der Waals surface area contributed by atoms with Crippen molar-refractivity contribution in [2.45, 2.75) is 167 Å². The molecule has 4 aromatic carbocycles. The number of hydrogen-bond donors (Lipinski definition) is 3. The van der Waals surface area contributed by atoms with Crippen LogP contribution in [-0.2, 0) is 142 Å². The van der Waals surface area contributed by atoms with Gasteiger partial charge in [-0.25, -0.2) is 24.3 Å². The Kier molecular flexibility index (Phi) is 49.5. The summed E-state index contributed by atoms with van der Waals surface area (Å²) in [6, 6.07) is 35.2. The fourth-order valence-electron chi connectivity index (χ4n) is 14.5. The molecule has 2 aliphatic heterocycles. The Morgan fingerprint density at radius 3 is 1.57 bits per heavy atom. The Labute approximate surface area is 788 Å². The number of nitriles is 1. The fourth-order valence-corrected chi connectivity index (χ4v) is 16.2. The molecule has 0 spiro atoms. The van der Waals surface area contributed by atoms with Gasteiger partial charge < -0.3 is 124 Å². The number of unbranched alkanes of at least 4 members (excludes halogenated alkanes) is 1. The molecule has 3 aromatic heterocycles. The summed E-state index contributed by atoms with van der Waals surface area (Å²) in [6.45, 7) is 21.8. The van der Waals surface area contributed by atoms with Gasteiger partial charge in [-0.1, -0.05) is 78.0 Å². The second kappa shape index (κ2) is 61.4. The molecule has 135 heavy (non-hydrogen) atoms. The Morgan fingerprint density at radius 1 is 0.548 bits per heavy atom. The number of carbonyl (C=O) groups is 6. The monoisotopic (exact) mass is 1910 g/mol. The first-order valence-electron chi connectivity index (χ1n) is 45.3. The van der Waals surface area contributed by atoms with Crippen LogP contribution in [-0.4, -0.2) is 328 Å². The van der Waals surface area contributed by atoms with E-state index in [9.17, 15) is 34.0 Å². The van der Waals surface area contributed by atoms with E-state index in [1.807, 2.05) is 84.9 Å². The Bertz CT molecular complexity index is 4550. The van der Waals surface area contributed by atoms with E-state index >= 15 is 0 Å². The number of rotatable bonds is 69. The lowest BCUT2D eigenvalue weighted by molar-refractivity contribution is -0.277. The molecule has 6 unspecified atom stereocenters. The van der Waals surface area contributed by atoms with Gasteiger partial charge in [-0.15, -0.1) is 5.10 Å². The third-order valence-electron chi connectivity index (χ3n) is 20.6. The highest BCUT2D eigenvalue weighted by Crippen LogP contribution is 2.52. The summed E-state index contributed by atoms with van der Waals surface area (Å²) in [5.41, 5.74) is 2.63. The highest BCUT2D eigenvalue weighted by atomic mass is 31.2. The number of nitrogens with zero attached hydrogens (tertiary/aromatic N) is 9. The van der Waals surface area contributed by atoms with Crippen molar-refractivity contribution in [2.24, 2.45) is 0 Å². The number of imidazole rings is 1. The molecule has 7 aromatic rings. The number of methoxy groups -OCH3 is 2. The van der Waals surface area contributed by atoms with Crippen LogP contribution in [0.3, 0.4) is 0 Å². The summed E-state index contributed by atoms with van der Waals surface area (Å²) >= 11 is 0. The molecule has 41 nitrogen and oxygen atoms in total. The molecule has 742 valence electrons. The molecule has 10 atom stereocenters. The van der Waals surface area contributed by atoms with E-state index in [1.165, 1.54) is 20.2 Å². The minimum absolute atomic E-state index is 0.0678. The van der Waals surface area contributed by atoms with Crippen molar-refractivity contribution in [3.05, 3.63) is 156 Å². The number of esters is 3. The maximum atomic E-state index is 13.7. The molecule has 0 aliphatic carbocycles. The first-order chi connectivity index (χ1) is 65.7. The number of carbonyl (C=O) groups excluding carboxylic acids is 6. The van der Waals surface area contributed by atoms with Gasteiger partial charge in [0.25, 0.3) is 14.4 Å². The number of nitrogens with one attached hydrogen (secondary N) is 3. The average Bonchev–Trinajstić information content (AvgIpc) is 1.70. The second-order valence-electron chi connectivity index (χ2n) is 31.2. The highest BCUT2D eigenvalue weighted by molar-refractivity contribution is 7.44. The van der Waals surface area contributed by atoms with Crippen molar-refractivity contribution in [3.8, 4) is 17.6 Å². The lowest BCUT2D eigenvalue weighted by atomic mass is 9.80. The SMILES string of the molecule is COc1ccc(C(OC[C@H]2O[C@@H](n3cnc4c(NC(=O)c5ccccc5)ncnc43)[C@H](OCc3cn(CCOCCOCCOCCOCCOCCOCCOCCOCCOCCOCCOCCNC(=O)CCCCOC4OC(COC(C)=O)C(OC(C)=O)C(OC(C)=O)C4NC(C)=O)nn3)[C@@H]2OP(OCCC#N)N(C(C)C)C(C)C)(c2ccccc2)c2ccc(OC)cc2)cc1. The number of amides is 3. The van der Waals surface area contributed by atoms with E-state index in [0.717, 1.165) is 30.5 Å². The third-order valence-corrected chi connectivity index (χ3v) is 22.7. The topological polar surface area (TPSA) is 452 Å². The zero-order valence-electron chi connectivity index (χ0n) is 78.6. The second-order valence-corrected chi connectivity index (χ2v) is 32.7. The van der Waals surface area contributed by atoms with Crippen LogP contribution in [0.5, 0.6) is 11.5 Å². The summed E-state index contributed by atoms with van der Waals surface area (Å²) in [4.78, 5) is 88.0. The molecule has 3 amide bonds. The van der Waals surface area contributed by atoms with Gasteiger partial charge in [-0.3, -0.25) is 33.3 Å². The van der Waals surface area contributed by atoms with Gasteiger partial charge >= 0.3 is 17.9 Å². The van der Waals surface area contributed by atoms with Crippen LogP contribution in [0, 0.1) is 11.3 Å². The molecule has 2 saturated heterocycles. The first kappa shape index (κ1) is 109. The van der Waals surface area contributed by atoms with Gasteiger partial charge in [0.15, 0.2) is 41.7 Å². The molecule has 2 aliphatic rings. The molecule has 0 radical (unpaired) electrons. The van der Waals surface area contributed by atoms with E-state index < -0.39 is 93.1 Å². The van der Waals surface area contributed by atoms with Gasteiger partial charge in [0.05, 0.1) is 211 Å². The molecule has 0 bridgehead atoms. The lowest BCUT2D eigenvalue weighted by Crippen LogP contribution is -2.66. The number of anilines is 1. The Morgan fingerprint density at radius 2 is 1.06 bits per heavy atom. The highest BCUT2D eigenvalue weighted by Gasteiger charge is 2.54. The van der Waals surface area contributed by atoms with Crippen LogP contribution in [0.15, 0.2) is 128 Å². The molecular formula is C93H131N12O29P. The van der Waals surface area contributed by atoms with Gasteiger partial charge in [0.1, 0.15) is 66.2 Å². The number of fused-ring (bicyclic) bond motifs is 1. The average molecular weight is 1910 g/mol. The van der Waals surface area contributed by atoms with Crippen LogP contribution in [0.4, 0.5) is 5.82 Å². The molecule has 42 heteroatoms. The minimum Gasteiger partial charge on any atom is -0.497 e.